The lowest BCUT2D eigenvalue weighted by molar-refractivity contribution is 0.174. The molecule has 168 valence electrons. The van der Waals surface area contributed by atoms with Gasteiger partial charge in [0.05, 0.1) is 5.39 Å². The van der Waals surface area contributed by atoms with E-state index in [0.717, 1.165) is 71.4 Å². The Balaban J connectivity index is 1.24. The molecule has 0 saturated carbocycles. The Bertz CT molecular complexity index is 1320. The van der Waals surface area contributed by atoms with Gasteiger partial charge in [-0.15, -0.1) is 11.3 Å². The first-order chi connectivity index (χ1) is 16.1. The van der Waals surface area contributed by atoms with Gasteiger partial charge in [0.1, 0.15) is 16.5 Å². The van der Waals surface area contributed by atoms with Crippen LogP contribution in [0.15, 0.2) is 47.8 Å². The van der Waals surface area contributed by atoms with Crippen molar-refractivity contribution in [2.75, 3.05) is 37.9 Å². The second-order valence-corrected chi connectivity index (χ2v) is 9.30. The van der Waals surface area contributed by atoms with Crippen molar-refractivity contribution in [3.63, 3.8) is 0 Å². The van der Waals surface area contributed by atoms with Gasteiger partial charge in [0.25, 0.3) is 0 Å². The predicted molar refractivity (Wildman–Crippen MR) is 128 cm³/mol. The van der Waals surface area contributed by atoms with Crippen LogP contribution in [-0.2, 0) is 6.54 Å². The number of rotatable bonds is 4. The first-order valence-corrected chi connectivity index (χ1v) is 12.0. The van der Waals surface area contributed by atoms with Gasteiger partial charge >= 0.3 is 0 Å². The van der Waals surface area contributed by atoms with Crippen LogP contribution in [0.4, 0.5) is 10.2 Å². The van der Waals surface area contributed by atoms with E-state index in [1.807, 2.05) is 11.4 Å². The van der Waals surface area contributed by atoms with E-state index in [1.54, 1.807) is 12.1 Å². The van der Waals surface area contributed by atoms with E-state index < -0.39 is 0 Å². The van der Waals surface area contributed by atoms with Crippen molar-refractivity contribution in [2.45, 2.75) is 6.54 Å². The standard InChI is InChI=1S/C24H20ClFN4O2S/c25-24-27-22(21-18(13-33-23(21)28-24)16-2-4-17(26)5-3-16)30-9-7-29(8-10-30)12-15-1-6-19-20(11-15)32-14-31-19/h1-6,11,13H,7-10,12,14H2. The zero-order chi connectivity index (χ0) is 22.4. The molecule has 33 heavy (non-hydrogen) atoms. The summed E-state index contributed by atoms with van der Waals surface area (Å²) in [7, 11) is 0. The highest BCUT2D eigenvalue weighted by molar-refractivity contribution is 7.17. The van der Waals surface area contributed by atoms with Gasteiger partial charge in [0.2, 0.25) is 12.1 Å². The lowest BCUT2D eigenvalue weighted by Crippen LogP contribution is -2.46. The number of ether oxygens (including phenoxy) is 2. The minimum Gasteiger partial charge on any atom is -0.454 e. The summed E-state index contributed by atoms with van der Waals surface area (Å²) in [6.07, 6.45) is 0. The summed E-state index contributed by atoms with van der Waals surface area (Å²) < 4.78 is 24.4. The number of anilines is 1. The average molecular weight is 483 g/mol. The number of halogens is 2. The average Bonchev–Trinajstić information content (AvgIpc) is 3.46. The lowest BCUT2D eigenvalue weighted by Gasteiger charge is -2.35. The van der Waals surface area contributed by atoms with E-state index >= 15 is 0 Å². The fourth-order valence-electron chi connectivity index (χ4n) is 4.38. The Morgan fingerprint density at radius 3 is 2.58 bits per heavy atom. The van der Waals surface area contributed by atoms with E-state index in [0.29, 0.717) is 0 Å². The lowest BCUT2D eigenvalue weighted by atomic mass is 10.1. The Labute approximate surface area is 199 Å². The number of fused-ring (bicyclic) bond motifs is 2. The van der Waals surface area contributed by atoms with Gasteiger partial charge in [-0.1, -0.05) is 18.2 Å². The molecule has 1 fully saturated rings. The number of thiophene rings is 1. The number of benzene rings is 2. The molecule has 0 atom stereocenters. The van der Waals surface area contributed by atoms with Gasteiger partial charge in [0.15, 0.2) is 11.5 Å². The highest BCUT2D eigenvalue weighted by Gasteiger charge is 2.24. The molecule has 2 aromatic heterocycles. The molecule has 1 saturated heterocycles. The summed E-state index contributed by atoms with van der Waals surface area (Å²) in [6.45, 7) is 4.58. The van der Waals surface area contributed by atoms with Crippen LogP contribution in [0.2, 0.25) is 5.28 Å². The molecule has 6 nitrogen and oxygen atoms in total. The van der Waals surface area contributed by atoms with Crippen LogP contribution in [0.5, 0.6) is 11.5 Å². The summed E-state index contributed by atoms with van der Waals surface area (Å²) in [5.41, 5.74) is 3.15. The van der Waals surface area contributed by atoms with Crippen LogP contribution in [0.25, 0.3) is 21.3 Å². The number of nitrogens with zero attached hydrogens (tertiary/aromatic N) is 4. The number of piperazine rings is 1. The van der Waals surface area contributed by atoms with Gasteiger partial charge in [-0.2, -0.15) is 4.98 Å². The first-order valence-electron chi connectivity index (χ1n) is 10.7. The zero-order valence-corrected chi connectivity index (χ0v) is 19.2. The van der Waals surface area contributed by atoms with Crippen molar-refractivity contribution >= 4 is 39.0 Å². The maximum absolute atomic E-state index is 13.5. The topological polar surface area (TPSA) is 50.7 Å². The van der Waals surface area contributed by atoms with Crippen LogP contribution in [0.3, 0.4) is 0 Å². The van der Waals surface area contributed by atoms with Crippen LogP contribution < -0.4 is 14.4 Å². The van der Waals surface area contributed by atoms with Gasteiger partial charge in [0, 0.05) is 43.7 Å². The molecule has 9 heteroatoms. The smallest absolute Gasteiger partial charge is 0.231 e. The zero-order valence-electron chi connectivity index (χ0n) is 17.6. The molecular weight excluding hydrogens is 463 g/mol. The summed E-state index contributed by atoms with van der Waals surface area (Å²) in [4.78, 5) is 14.6. The molecule has 0 radical (unpaired) electrons. The van der Waals surface area contributed by atoms with Crippen LogP contribution in [0.1, 0.15) is 5.56 Å². The Morgan fingerprint density at radius 1 is 0.970 bits per heavy atom. The Hall–Kier alpha value is -2.94. The highest BCUT2D eigenvalue weighted by Crippen LogP contribution is 2.39. The van der Waals surface area contributed by atoms with Crippen LogP contribution in [0, 0.1) is 5.82 Å². The van der Waals surface area contributed by atoms with Crippen molar-refractivity contribution < 1.29 is 13.9 Å². The van der Waals surface area contributed by atoms with E-state index in [2.05, 4.69) is 31.9 Å². The highest BCUT2D eigenvalue weighted by atomic mass is 35.5. The molecule has 0 bridgehead atoms. The van der Waals surface area contributed by atoms with Crippen LogP contribution >= 0.6 is 22.9 Å². The second-order valence-electron chi connectivity index (χ2n) is 8.10. The summed E-state index contributed by atoms with van der Waals surface area (Å²) in [6, 6.07) is 12.7. The molecular formula is C24H20ClFN4O2S. The summed E-state index contributed by atoms with van der Waals surface area (Å²) >= 11 is 7.81. The molecule has 0 amide bonds. The molecule has 0 N–H and O–H groups in total. The number of hydrogen-bond acceptors (Lipinski definition) is 7. The SMILES string of the molecule is Fc1ccc(-c2csc3nc(Cl)nc(N4CCN(Cc5ccc6c(c5)OCO6)CC4)c23)cc1. The van der Waals surface area contributed by atoms with Crippen molar-refractivity contribution in [1.29, 1.82) is 0 Å². The molecule has 2 aliphatic heterocycles. The van der Waals surface area contributed by atoms with Crippen LogP contribution in [-0.4, -0.2) is 47.8 Å². The fourth-order valence-corrected chi connectivity index (χ4v) is 5.54. The maximum Gasteiger partial charge on any atom is 0.231 e. The predicted octanol–water partition coefficient (Wildman–Crippen LogP) is 5.20. The second kappa shape index (κ2) is 8.44. The first kappa shape index (κ1) is 20.7. The largest absolute Gasteiger partial charge is 0.454 e. The molecule has 4 aromatic rings. The van der Waals surface area contributed by atoms with E-state index in [4.69, 9.17) is 21.1 Å². The van der Waals surface area contributed by atoms with E-state index in [9.17, 15) is 4.39 Å². The number of hydrogen-bond donors (Lipinski definition) is 0. The molecule has 2 aromatic carbocycles. The molecule has 0 unspecified atom stereocenters. The Kier molecular flexibility index (Phi) is 5.28. The van der Waals surface area contributed by atoms with Gasteiger partial charge in [-0.05, 0) is 47.0 Å². The van der Waals surface area contributed by atoms with E-state index in [-0.39, 0.29) is 17.9 Å². The quantitative estimate of drug-likeness (QED) is 0.372. The third-order valence-corrected chi connectivity index (χ3v) is 7.10. The Morgan fingerprint density at radius 2 is 1.76 bits per heavy atom. The molecule has 0 spiro atoms. The molecule has 0 aliphatic carbocycles. The summed E-state index contributed by atoms with van der Waals surface area (Å²) in [5, 5.41) is 3.26. The maximum atomic E-state index is 13.5. The van der Waals surface area contributed by atoms with Gasteiger partial charge in [-0.25, -0.2) is 9.37 Å². The van der Waals surface area contributed by atoms with Gasteiger partial charge < -0.3 is 14.4 Å². The minimum atomic E-state index is -0.253. The molecule has 6 rings (SSSR count). The molecule has 2 aliphatic rings. The van der Waals surface area contributed by atoms with Crippen molar-refractivity contribution in [3.8, 4) is 22.6 Å². The summed E-state index contributed by atoms with van der Waals surface area (Å²) in [5.74, 6) is 2.21. The number of aromatic nitrogens is 2. The minimum absolute atomic E-state index is 0.243. The van der Waals surface area contributed by atoms with Crippen molar-refractivity contribution in [3.05, 3.63) is 64.5 Å². The monoisotopic (exact) mass is 482 g/mol. The third kappa shape index (κ3) is 3.99. The van der Waals surface area contributed by atoms with Crippen molar-refractivity contribution in [2.24, 2.45) is 0 Å². The fraction of sp³-hybridized carbons (Fsp3) is 0.250. The van der Waals surface area contributed by atoms with Gasteiger partial charge in [-0.3, -0.25) is 4.90 Å². The molecule has 4 heterocycles. The van der Waals surface area contributed by atoms with Crippen molar-refractivity contribution in [1.82, 2.24) is 14.9 Å². The normalized spacial score (nSPS) is 16.0. The van der Waals surface area contributed by atoms with E-state index in [1.165, 1.54) is 29.0 Å². The third-order valence-electron chi connectivity index (χ3n) is 6.06.